The van der Waals surface area contributed by atoms with Crippen molar-refractivity contribution in [1.29, 1.82) is 0 Å². The molecule has 0 spiro atoms. The molecule has 1 aromatic carbocycles. The van der Waals surface area contributed by atoms with Gasteiger partial charge >= 0.3 is 0 Å². The van der Waals surface area contributed by atoms with Crippen molar-refractivity contribution in [2.75, 3.05) is 0 Å². The highest BCUT2D eigenvalue weighted by Gasteiger charge is 2.31. The first kappa shape index (κ1) is 18.7. The monoisotopic (exact) mass is 396 g/mol. The molecule has 0 unspecified atom stereocenters. The van der Waals surface area contributed by atoms with E-state index in [1.807, 2.05) is 55.1 Å². The van der Waals surface area contributed by atoms with E-state index >= 15 is 0 Å². The van der Waals surface area contributed by atoms with Gasteiger partial charge in [-0.05, 0) is 49.1 Å². The highest BCUT2D eigenvalue weighted by Crippen LogP contribution is 2.26. The van der Waals surface area contributed by atoms with Gasteiger partial charge in [0.1, 0.15) is 6.04 Å². The molecular weight excluding hydrogens is 372 g/mol. The summed E-state index contributed by atoms with van der Waals surface area (Å²) in [6.07, 6.45) is 6.76. The van der Waals surface area contributed by atoms with Crippen LogP contribution in [0.2, 0.25) is 0 Å². The Bertz CT molecular complexity index is 991. The van der Waals surface area contributed by atoms with Crippen molar-refractivity contribution in [2.45, 2.75) is 45.2 Å². The topological polar surface area (TPSA) is 76.0 Å². The smallest absolute Gasteiger partial charge is 0.251 e. The zero-order chi connectivity index (χ0) is 19.7. The van der Waals surface area contributed by atoms with E-state index in [0.29, 0.717) is 5.56 Å². The number of benzene rings is 1. The minimum absolute atomic E-state index is 0.0650. The summed E-state index contributed by atoms with van der Waals surface area (Å²) in [7, 11) is 0. The van der Waals surface area contributed by atoms with E-state index in [4.69, 9.17) is 0 Å². The number of aromatic nitrogens is 2. The number of amides is 2. The number of fused-ring (bicyclic) bond motifs is 1. The Hall–Kier alpha value is -2.67. The quantitative estimate of drug-likeness (QED) is 0.642. The van der Waals surface area contributed by atoms with Crippen LogP contribution in [0.25, 0.3) is 15.3 Å². The first-order chi connectivity index (χ1) is 13.5. The molecule has 146 valence electrons. The molecule has 3 aromatic rings. The fourth-order valence-electron chi connectivity index (χ4n) is 3.07. The average molecular weight is 397 g/mol. The predicted molar refractivity (Wildman–Crippen MR) is 111 cm³/mol. The number of nitrogens with zero attached hydrogens (tertiary/aromatic N) is 2. The number of carbonyl (C=O) groups excluding carboxylic acids is 2. The van der Waals surface area contributed by atoms with E-state index < -0.39 is 6.04 Å². The first-order valence-electron chi connectivity index (χ1n) is 9.70. The summed E-state index contributed by atoms with van der Waals surface area (Å²) < 4.78 is 2.89. The summed E-state index contributed by atoms with van der Waals surface area (Å²) in [4.78, 5) is 30.0. The van der Waals surface area contributed by atoms with Gasteiger partial charge in [0.2, 0.25) is 5.91 Å². The van der Waals surface area contributed by atoms with Crippen LogP contribution in [0.5, 0.6) is 0 Å². The number of nitrogens with one attached hydrogen (secondary N) is 2. The summed E-state index contributed by atoms with van der Waals surface area (Å²) in [5.74, 6) is -0.247. The van der Waals surface area contributed by atoms with E-state index in [1.165, 1.54) is 11.3 Å². The predicted octanol–water partition coefficient (Wildman–Crippen LogP) is 3.51. The van der Waals surface area contributed by atoms with Crippen LogP contribution in [-0.2, 0) is 4.79 Å². The Balaban J connectivity index is 1.53. The van der Waals surface area contributed by atoms with Gasteiger partial charge in [-0.1, -0.05) is 31.6 Å². The highest BCUT2D eigenvalue weighted by molar-refractivity contribution is 7.20. The van der Waals surface area contributed by atoms with Crippen molar-refractivity contribution in [3.8, 4) is 5.13 Å². The highest BCUT2D eigenvalue weighted by atomic mass is 32.1. The Morgan fingerprint density at radius 3 is 2.71 bits per heavy atom. The number of rotatable bonds is 7. The summed E-state index contributed by atoms with van der Waals surface area (Å²) in [6, 6.07) is 9.13. The van der Waals surface area contributed by atoms with E-state index in [2.05, 4.69) is 15.6 Å². The second-order valence-corrected chi connectivity index (χ2v) is 8.40. The van der Waals surface area contributed by atoms with Crippen LogP contribution in [0, 0.1) is 5.92 Å². The molecule has 1 fully saturated rings. The maximum Gasteiger partial charge on any atom is 0.251 e. The third-order valence-electron chi connectivity index (χ3n) is 5.17. The van der Waals surface area contributed by atoms with Crippen molar-refractivity contribution in [3.05, 3.63) is 48.3 Å². The summed E-state index contributed by atoms with van der Waals surface area (Å²) in [6.45, 7) is 4.02. The van der Waals surface area contributed by atoms with Gasteiger partial charge in [0.05, 0.1) is 10.2 Å². The molecule has 0 aliphatic heterocycles. The van der Waals surface area contributed by atoms with Crippen molar-refractivity contribution in [1.82, 2.24) is 20.2 Å². The molecule has 1 saturated carbocycles. The van der Waals surface area contributed by atoms with E-state index in [9.17, 15) is 9.59 Å². The van der Waals surface area contributed by atoms with E-state index in [-0.39, 0.29) is 23.8 Å². The number of hydrogen-bond acceptors (Lipinski definition) is 4. The fourth-order valence-corrected chi connectivity index (χ4v) is 4.04. The molecule has 2 aromatic heterocycles. The van der Waals surface area contributed by atoms with Gasteiger partial charge in [-0.15, -0.1) is 0 Å². The van der Waals surface area contributed by atoms with Crippen LogP contribution in [0.1, 0.15) is 43.5 Å². The van der Waals surface area contributed by atoms with Gasteiger partial charge in [0, 0.05) is 24.0 Å². The van der Waals surface area contributed by atoms with Gasteiger partial charge in [0.15, 0.2) is 5.13 Å². The van der Waals surface area contributed by atoms with E-state index in [1.54, 1.807) is 6.07 Å². The van der Waals surface area contributed by atoms with Crippen molar-refractivity contribution in [2.24, 2.45) is 5.92 Å². The van der Waals surface area contributed by atoms with Crippen LogP contribution in [-0.4, -0.2) is 33.4 Å². The maximum absolute atomic E-state index is 12.8. The zero-order valence-corrected chi connectivity index (χ0v) is 16.8. The zero-order valence-electron chi connectivity index (χ0n) is 16.0. The van der Waals surface area contributed by atoms with Crippen molar-refractivity contribution < 1.29 is 9.59 Å². The molecule has 28 heavy (non-hydrogen) atoms. The summed E-state index contributed by atoms with van der Waals surface area (Å²) in [5, 5.41) is 6.81. The SMILES string of the molecule is CC[C@H](C)[C@@H](NC(=O)c1ccc2nc(-n3cccc3)sc2c1)C(=O)NC1CC1. The van der Waals surface area contributed by atoms with Crippen LogP contribution in [0.3, 0.4) is 0 Å². The van der Waals surface area contributed by atoms with Crippen molar-refractivity contribution in [3.63, 3.8) is 0 Å². The molecule has 0 saturated heterocycles. The van der Waals surface area contributed by atoms with Gasteiger partial charge in [0.25, 0.3) is 5.91 Å². The third-order valence-corrected chi connectivity index (χ3v) is 6.20. The number of hydrogen-bond donors (Lipinski definition) is 2. The molecule has 2 heterocycles. The molecule has 2 atom stereocenters. The molecule has 4 rings (SSSR count). The summed E-state index contributed by atoms with van der Waals surface area (Å²) >= 11 is 1.53. The third kappa shape index (κ3) is 3.94. The Morgan fingerprint density at radius 1 is 1.29 bits per heavy atom. The van der Waals surface area contributed by atoms with Crippen LogP contribution in [0.4, 0.5) is 0 Å². The number of carbonyl (C=O) groups is 2. The molecule has 0 bridgehead atoms. The molecule has 1 aliphatic carbocycles. The molecule has 6 nitrogen and oxygen atoms in total. The molecular formula is C21H24N4O2S. The molecule has 7 heteroatoms. The molecule has 1 aliphatic rings. The largest absolute Gasteiger partial charge is 0.352 e. The van der Waals surface area contributed by atoms with Gasteiger partial charge < -0.3 is 15.2 Å². The Kier molecular flexibility index (Phi) is 5.17. The van der Waals surface area contributed by atoms with Crippen LogP contribution in [0.15, 0.2) is 42.7 Å². The molecule has 2 N–H and O–H groups in total. The lowest BCUT2D eigenvalue weighted by Gasteiger charge is -2.23. The summed E-state index contributed by atoms with van der Waals surface area (Å²) in [5.41, 5.74) is 1.40. The van der Waals surface area contributed by atoms with Gasteiger partial charge in [-0.2, -0.15) is 0 Å². The number of thiazole rings is 1. The van der Waals surface area contributed by atoms with Gasteiger partial charge in [-0.3, -0.25) is 9.59 Å². The molecule has 0 radical (unpaired) electrons. The normalized spacial score (nSPS) is 15.9. The lowest BCUT2D eigenvalue weighted by molar-refractivity contribution is -0.124. The Morgan fingerprint density at radius 2 is 2.04 bits per heavy atom. The average Bonchev–Trinajstić information content (AvgIpc) is 3.19. The second-order valence-electron chi connectivity index (χ2n) is 7.39. The second kappa shape index (κ2) is 7.75. The standard InChI is InChI=1S/C21H24N4O2S/c1-3-13(2)18(20(27)22-15-7-8-15)24-19(26)14-6-9-16-17(12-14)28-21(23-16)25-10-4-5-11-25/h4-6,9-13,15,18H,3,7-8H2,1-2H3,(H,22,27)(H,24,26)/t13-,18+/m0/s1. The first-order valence-corrected chi connectivity index (χ1v) is 10.5. The lowest BCUT2D eigenvalue weighted by atomic mass is 9.97. The van der Waals surface area contributed by atoms with Crippen LogP contribution >= 0.6 is 11.3 Å². The van der Waals surface area contributed by atoms with Gasteiger partial charge in [-0.25, -0.2) is 4.98 Å². The Labute approximate surface area is 168 Å². The molecule has 2 amide bonds. The lowest BCUT2D eigenvalue weighted by Crippen LogP contribution is -2.50. The fraction of sp³-hybridized carbons (Fsp3) is 0.381. The minimum Gasteiger partial charge on any atom is -0.352 e. The van der Waals surface area contributed by atoms with Crippen molar-refractivity contribution >= 4 is 33.4 Å². The van der Waals surface area contributed by atoms with Crippen LogP contribution < -0.4 is 10.6 Å². The maximum atomic E-state index is 12.8. The van der Waals surface area contributed by atoms with E-state index in [0.717, 1.165) is 34.6 Å². The minimum atomic E-state index is -0.523.